The molecular formula is C19H23N5OS. The fraction of sp³-hybridized carbons (Fsp3) is 0.263. The number of amides is 2. The van der Waals surface area contributed by atoms with Gasteiger partial charge in [0.25, 0.3) is 0 Å². The highest BCUT2D eigenvalue weighted by Gasteiger charge is 2.25. The summed E-state index contributed by atoms with van der Waals surface area (Å²) >= 11 is 1.77. The molecule has 7 heteroatoms. The van der Waals surface area contributed by atoms with Crippen LogP contribution < -0.4 is 16.1 Å². The summed E-state index contributed by atoms with van der Waals surface area (Å²) < 4.78 is 0. The molecule has 26 heavy (non-hydrogen) atoms. The van der Waals surface area contributed by atoms with E-state index in [1.54, 1.807) is 18.0 Å². The molecule has 2 amide bonds. The first-order valence-electron chi connectivity index (χ1n) is 8.39. The lowest BCUT2D eigenvalue weighted by atomic mass is 10.1. The number of hydrazone groups is 1. The van der Waals surface area contributed by atoms with Gasteiger partial charge < -0.3 is 15.5 Å². The zero-order valence-electron chi connectivity index (χ0n) is 15.1. The van der Waals surface area contributed by atoms with Crippen LogP contribution in [-0.2, 0) is 0 Å². The number of carbonyl (C=O) groups is 1. The maximum atomic E-state index is 10.8. The summed E-state index contributed by atoms with van der Waals surface area (Å²) in [6.07, 6.45) is 1.60. The third kappa shape index (κ3) is 4.00. The van der Waals surface area contributed by atoms with Gasteiger partial charge in [-0.05, 0) is 50.8 Å². The Hall–Kier alpha value is -2.51. The number of primary amides is 1. The molecule has 0 fully saturated rings. The highest BCUT2D eigenvalue weighted by Crippen LogP contribution is 2.48. The molecule has 0 aromatic heterocycles. The molecule has 0 aliphatic carbocycles. The highest BCUT2D eigenvalue weighted by atomic mass is 32.2. The van der Waals surface area contributed by atoms with Crippen LogP contribution in [0.15, 0.2) is 57.4 Å². The molecule has 3 N–H and O–H groups in total. The predicted octanol–water partition coefficient (Wildman–Crippen LogP) is 3.24. The number of nitrogens with two attached hydrogens (primary N) is 1. The Labute approximate surface area is 158 Å². The van der Waals surface area contributed by atoms with Crippen LogP contribution in [0.1, 0.15) is 12.5 Å². The van der Waals surface area contributed by atoms with E-state index in [1.165, 1.54) is 15.5 Å². The fourth-order valence-electron chi connectivity index (χ4n) is 2.72. The molecule has 1 atom stereocenters. The third-order valence-corrected chi connectivity index (χ3v) is 5.50. The van der Waals surface area contributed by atoms with E-state index in [4.69, 9.17) is 5.73 Å². The van der Waals surface area contributed by atoms with Crippen LogP contribution in [0.4, 0.5) is 16.2 Å². The van der Waals surface area contributed by atoms with E-state index in [1.807, 2.05) is 6.07 Å². The van der Waals surface area contributed by atoms with E-state index in [0.717, 1.165) is 17.8 Å². The fourth-order valence-corrected chi connectivity index (χ4v) is 3.80. The first-order valence-corrected chi connectivity index (χ1v) is 9.21. The van der Waals surface area contributed by atoms with E-state index < -0.39 is 6.03 Å². The average molecular weight is 369 g/mol. The number of fused-ring (bicyclic) bond motifs is 2. The van der Waals surface area contributed by atoms with Gasteiger partial charge in [-0.15, -0.1) is 0 Å². The van der Waals surface area contributed by atoms with Crippen LogP contribution in [0, 0.1) is 0 Å². The number of para-hydroxylation sites is 1. The molecule has 1 heterocycles. The number of carbonyl (C=O) groups excluding carboxylic acids is 1. The lowest BCUT2D eigenvalue weighted by Crippen LogP contribution is -2.37. The first kappa shape index (κ1) is 18.3. The number of nitrogens with one attached hydrogen (secondary N) is 1. The Kier molecular flexibility index (Phi) is 5.49. The van der Waals surface area contributed by atoms with Crippen LogP contribution in [0.2, 0.25) is 0 Å². The van der Waals surface area contributed by atoms with Crippen LogP contribution in [0.25, 0.3) is 0 Å². The van der Waals surface area contributed by atoms with Crippen LogP contribution in [0.5, 0.6) is 0 Å². The number of benzene rings is 2. The van der Waals surface area contributed by atoms with Gasteiger partial charge in [0.05, 0.1) is 17.6 Å². The Morgan fingerprint density at radius 1 is 1.27 bits per heavy atom. The van der Waals surface area contributed by atoms with Gasteiger partial charge in [-0.3, -0.25) is 0 Å². The molecule has 0 saturated heterocycles. The zero-order valence-corrected chi connectivity index (χ0v) is 16.0. The van der Waals surface area contributed by atoms with Crippen LogP contribution >= 0.6 is 11.8 Å². The SMILES string of the molecule is CC(CN1c2ccccc2Sc2ccc(C=NNC(N)=O)cc21)N(C)C. The second-order valence-corrected chi connectivity index (χ2v) is 7.54. The lowest BCUT2D eigenvalue weighted by molar-refractivity contribution is 0.249. The topological polar surface area (TPSA) is 74.0 Å². The normalized spacial score (nSPS) is 14.2. The Morgan fingerprint density at radius 3 is 2.73 bits per heavy atom. The van der Waals surface area contributed by atoms with Crippen molar-refractivity contribution in [1.29, 1.82) is 0 Å². The number of nitrogens with zero attached hydrogens (tertiary/aromatic N) is 3. The van der Waals surface area contributed by atoms with Gasteiger partial charge >= 0.3 is 6.03 Å². The van der Waals surface area contributed by atoms with Crippen molar-refractivity contribution in [2.45, 2.75) is 22.8 Å². The molecular weight excluding hydrogens is 346 g/mol. The van der Waals surface area contributed by atoms with Crippen molar-refractivity contribution >= 4 is 35.4 Å². The molecule has 3 rings (SSSR count). The number of urea groups is 1. The maximum absolute atomic E-state index is 10.8. The van der Waals surface area contributed by atoms with Crippen molar-refractivity contribution in [2.75, 3.05) is 25.5 Å². The summed E-state index contributed by atoms with van der Waals surface area (Å²) in [7, 11) is 4.18. The smallest absolute Gasteiger partial charge is 0.332 e. The minimum absolute atomic E-state index is 0.382. The number of anilines is 2. The summed E-state index contributed by atoms with van der Waals surface area (Å²) in [4.78, 5) is 17.8. The van der Waals surface area contributed by atoms with Gasteiger partial charge in [0, 0.05) is 22.4 Å². The zero-order chi connectivity index (χ0) is 18.7. The molecule has 1 unspecified atom stereocenters. The minimum atomic E-state index is -0.676. The number of rotatable bonds is 5. The van der Waals surface area contributed by atoms with E-state index >= 15 is 0 Å². The van der Waals surface area contributed by atoms with Crippen molar-refractivity contribution in [3.63, 3.8) is 0 Å². The van der Waals surface area contributed by atoms with E-state index in [-0.39, 0.29) is 0 Å². The second-order valence-electron chi connectivity index (χ2n) is 6.45. The van der Waals surface area contributed by atoms with E-state index in [2.05, 4.69) is 77.7 Å². The van der Waals surface area contributed by atoms with Gasteiger partial charge in [-0.1, -0.05) is 30.0 Å². The first-order chi connectivity index (χ1) is 12.5. The molecule has 0 spiro atoms. The highest BCUT2D eigenvalue weighted by molar-refractivity contribution is 7.99. The van der Waals surface area contributed by atoms with Crippen LogP contribution in [-0.4, -0.2) is 43.8 Å². The van der Waals surface area contributed by atoms with E-state index in [0.29, 0.717) is 6.04 Å². The monoisotopic (exact) mass is 369 g/mol. The quantitative estimate of drug-likeness (QED) is 0.627. The number of hydrogen-bond acceptors (Lipinski definition) is 5. The summed E-state index contributed by atoms with van der Waals surface area (Å²) in [5.74, 6) is 0. The van der Waals surface area contributed by atoms with Gasteiger partial charge in [-0.25, -0.2) is 10.2 Å². The van der Waals surface area contributed by atoms with E-state index in [9.17, 15) is 4.79 Å². The summed E-state index contributed by atoms with van der Waals surface area (Å²) in [5.41, 5.74) is 10.5. The van der Waals surface area contributed by atoms with Crippen molar-refractivity contribution in [3.8, 4) is 0 Å². The molecule has 1 aliphatic heterocycles. The number of likely N-dealkylation sites (N-methyl/N-ethyl adjacent to an activating group) is 1. The molecule has 136 valence electrons. The van der Waals surface area contributed by atoms with Crippen molar-refractivity contribution < 1.29 is 4.79 Å². The number of hydrogen-bond donors (Lipinski definition) is 2. The second kappa shape index (κ2) is 7.80. The van der Waals surface area contributed by atoms with Gasteiger partial charge in [0.2, 0.25) is 0 Å². The van der Waals surface area contributed by atoms with Gasteiger partial charge in [-0.2, -0.15) is 5.10 Å². The molecule has 6 nitrogen and oxygen atoms in total. The maximum Gasteiger partial charge on any atom is 0.332 e. The third-order valence-electron chi connectivity index (χ3n) is 4.37. The van der Waals surface area contributed by atoms with Crippen molar-refractivity contribution in [2.24, 2.45) is 10.8 Å². The van der Waals surface area contributed by atoms with Crippen molar-refractivity contribution in [1.82, 2.24) is 10.3 Å². The van der Waals surface area contributed by atoms with Gasteiger partial charge in [0.15, 0.2) is 0 Å². The van der Waals surface area contributed by atoms with Crippen LogP contribution in [0.3, 0.4) is 0 Å². The average Bonchev–Trinajstić information content (AvgIpc) is 2.61. The molecule has 0 saturated carbocycles. The Morgan fingerprint density at radius 2 is 2.00 bits per heavy atom. The summed E-state index contributed by atoms with van der Waals surface area (Å²) in [6.45, 7) is 3.09. The largest absolute Gasteiger partial charge is 0.350 e. The molecule has 1 aliphatic rings. The lowest BCUT2D eigenvalue weighted by Gasteiger charge is -2.36. The molecule has 0 bridgehead atoms. The standard InChI is InChI=1S/C19H23N5OS/c1-13(23(2)3)12-24-15-6-4-5-7-17(15)26-18-9-8-14(10-16(18)24)11-21-22-19(20)25/h4-11,13H,12H2,1-3H3,(H3,20,22,25). The van der Waals surface area contributed by atoms with Gasteiger partial charge in [0.1, 0.15) is 0 Å². The predicted molar refractivity (Wildman–Crippen MR) is 107 cm³/mol. The summed E-state index contributed by atoms with van der Waals surface area (Å²) in [5, 5.41) is 3.87. The Balaban J connectivity index is 1.97. The molecule has 2 aromatic carbocycles. The summed E-state index contributed by atoms with van der Waals surface area (Å²) in [6, 6.07) is 14.3. The van der Waals surface area contributed by atoms with Crippen molar-refractivity contribution in [3.05, 3.63) is 48.0 Å². The Bertz CT molecular complexity index is 836. The molecule has 2 aromatic rings. The molecule has 0 radical (unpaired) electrons. The minimum Gasteiger partial charge on any atom is -0.350 e.